The predicted octanol–water partition coefficient (Wildman–Crippen LogP) is 3.38. The van der Waals surface area contributed by atoms with Crippen LogP contribution in [0.3, 0.4) is 0 Å². The van der Waals surface area contributed by atoms with Gasteiger partial charge in [0, 0.05) is 19.5 Å². The van der Waals surface area contributed by atoms with Gasteiger partial charge in [0.15, 0.2) is 0 Å². The molecule has 146 valence electrons. The number of halogens is 2. The topological polar surface area (TPSA) is 66.5 Å². The van der Waals surface area contributed by atoms with Gasteiger partial charge in [0.25, 0.3) is 0 Å². The molecule has 2 aromatic carbocycles. The van der Waals surface area contributed by atoms with Gasteiger partial charge in [0.05, 0.1) is 17.0 Å². The third-order valence-corrected chi connectivity index (χ3v) is 5.44. The summed E-state index contributed by atoms with van der Waals surface area (Å²) in [5, 5.41) is 3.12. The summed E-state index contributed by atoms with van der Waals surface area (Å²) in [4.78, 5) is 12.0. The van der Waals surface area contributed by atoms with Crippen LogP contribution in [0.4, 0.5) is 10.1 Å². The summed E-state index contributed by atoms with van der Waals surface area (Å²) in [5.41, 5.74) is 1.33. The van der Waals surface area contributed by atoms with Crippen LogP contribution in [-0.2, 0) is 21.2 Å². The first-order valence-electron chi connectivity index (χ1n) is 8.51. The molecule has 2 rings (SSSR count). The number of nitrogens with zero attached hydrogens (tertiary/aromatic N) is 1. The Bertz CT molecular complexity index is 873. The molecule has 5 nitrogen and oxygen atoms in total. The molecule has 0 saturated heterocycles. The van der Waals surface area contributed by atoms with E-state index in [0.29, 0.717) is 30.1 Å². The molecule has 1 amide bonds. The summed E-state index contributed by atoms with van der Waals surface area (Å²) in [7, 11) is -3.51. The van der Waals surface area contributed by atoms with Gasteiger partial charge in [-0.25, -0.2) is 12.8 Å². The third kappa shape index (κ3) is 6.84. The van der Waals surface area contributed by atoms with Crippen molar-refractivity contribution < 1.29 is 17.6 Å². The fourth-order valence-electron chi connectivity index (χ4n) is 2.59. The number of nitrogens with one attached hydrogen (secondary N) is 1. The van der Waals surface area contributed by atoms with Crippen molar-refractivity contribution in [2.75, 3.05) is 23.7 Å². The average Bonchev–Trinajstić information content (AvgIpc) is 2.60. The fraction of sp³-hybridized carbons (Fsp3) is 0.316. The monoisotopic (exact) mass is 412 g/mol. The maximum atomic E-state index is 12.8. The van der Waals surface area contributed by atoms with Crippen LogP contribution >= 0.6 is 11.6 Å². The smallest absolute Gasteiger partial charge is 0.232 e. The van der Waals surface area contributed by atoms with Gasteiger partial charge in [0.2, 0.25) is 15.9 Å². The normalized spacial score (nSPS) is 11.2. The van der Waals surface area contributed by atoms with Crippen LogP contribution in [-0.4, -0.2) is 33.7 Å². The van der Waals surface area contributed by atoms with Crippen molar-refractivity contribution in [3.05, 3.63) is 64.9 Å². The Hall–Kier alpha value is -2.12. The molecule has 27 heavy (non-hydrogen) atoms. The largest absolute Gasteiger partial charge is 0.356 e. The van der Waals surface area contributed by atoms with Crippen molar-refractivity contribution in [1.82, 2.24) is 5.32 Å². The van der Waals surface area contributed by atoms with Crippen molar-refractivity contribution in [3.8, 4) is 0 Å². The summed E-state index contributed by atoms with van der Waals surface area (Å²) in [6, 6.07) is 12.8. The van der Waals surface area contributed by atoms with Crippen molar-refractivity contribution in [3.63, 3.8) is 0 Å². The molecule has 0 bridgehead atoms. The lowest BCUT2D eigenvalue weighted by atomic mass is 10.1. The van der Waals surface area contributed by atoms with E-state index in [1.54, 1.807) is 36.4 Å². The highest BCUT2D eigenvalue weighted by Gasteiger charge is 2.19. The summed E-state index contributed by atoms with van der Waals surface area (Å²) < 4.78 is 38.2. The fourth-order valence-corrected chi connectivity index (χ4v) is 3.85. The zero-order valence-corrected chi connectivity index (χ0v) is 16.6. The molecule has 0 aliphatic carbocycles. The molecule has 0 aromatic heterocycles. The molecular formula is C19H22ClFN2O3S. The number of para-hydroxylation sites is 1. The van der Waals surface area contributed by atoms with Gasteiger partial charge in [-0.15, -0.1) is 0 Å². The van der Waals surface area contributed by atoms with Crippen LogP contribution < -0.4 is 9.62 Å². The van der Waals surface area contributed by atoms with Gasteiger partial charge in [0.1, 0.15) is 5.82 Å². The second-order valence-electron chi connectivity index (χ2n) is 6.12. The van der Waals surface area contributed by atoms with E-state index in [-0.39, 0.29) is 24.7 Å². The second-order valence-corrected chi connectivity index (χ2v) is 8.43. The number of sulfonamides is 1. The van der Waals surface area contributed by atoms with Crippen LogP contribution in [0.2, 0.25) is 5.02 Å². The molecule has 0 aliphatic heterocycles. The molecular weight excluding hydrogens is 391 g/mol. The SMILES string of the molecule is CS(=O)(=O)N(CCCC(=O)NCCc1ccc(F)cc1)c1ccccc1Cl. The lowest BCUT2D eigenvalue weighted by molar-refractivity contribution is -0.121. The maximum Gasteiger partial charge on any atom is 0.232 e. The Labute approximate surface area is 164 Å². The van der Waals surface area contributed by atoms with Crippen LogP contribution in [0.1, 0.15) is 18.4 Å². The molecule has 0 aliphatic rings. The van der Waals surface area contributed by atoms with E-state index in [1.807, 2.05) is 0 Å². The summed E-state index contributed by atoms with van der Waals surface area (Å²) in [5.74, 6) is -0.457. The Kier molecular flexibility index (Phi) is 7.62. The number of carbonyl (C=O) groups excluding carboxylic acids is 1. The molecule has 0 saturated carbocycles. The van der Waals surface area contributed by atoms with E-state index in [0.717, 1.165) is 11.8 Å². The molecule has 2 aromatic rings. The summed E-state index contributed by atoms with van der Waals surface area (Å²) in [6.45, 7) is 0.596. The lowest BCUT2D eigenvalue weighted by Crippen LogP contribution is -2.32. The molecule has 0 radical (unpaired) electrons. The van der Waals surface area contributed by atoms with E-state index in [4.69, 9.17) is 11.6 Å². The Morgan fingerprint density at radius 3 is 2.44 bits per heavy atom. The van der Waals surface area contributed by atoms with E-state index in [1.165, 1.54) is 16.4 Å². The van der Waals surface area contributed by atoms with Gasteiger partial charge in [-0.1, -0.05) is 35.9 Å². The summed E-state index contributed by atoms with van der Waals surface area (Å²) >= 11 is 6.09. The van der Waals surface area contributed by atoms with Crippen LogP contribution in [0, 0.1) is 5.82 Å². The summed E-state index contributed by atoms with van der Waals surface area (Å²) in [6.07, 6.45) is 2.26. The van der Waals surface area contributed by atoms with Gasteiger partial charge in [-0.05, 0) is 42.7 Å². The van der Waals surface area contributed by atoms with Crippen molar-refractivity contribution in [2.45, 2.75) is 19.3 Å². The molecule has 0 spiro atoms. The Morgan fingerprint density at radius 1 is 1.15 bits per heavy atom. The van der Waals surface area contributed by atoms with Crippen LogP contribution in [0.15, 0.2) is 48.5 Å². The first-order valence-corrected chi connectivity index (χ1v) is 10.7. The minimum absolute atomic E-state index is 0.161. The van der Waals surface area contributed by atoms with Gasteiger partial charge in [-0.2, -0.15) is 0 Å². The number of benzene rings is 2. The number of anilines is 1. The second kappa shape index (κ2) is 9.71. The molecule has 0 atom stereocenters. The number of amides is 1. The van der Waals surface area contributed by atoms with E-state index < -0.39 is 10.0 Å². The standard InChI is InChI=1S/C19H22ClFN2O3S/c1-27(25,26)23(18-6-3-2-5-17(18)20)14-4-7-19(24)22-13-12-15-8-10-16(21)11-9-15/h2-3,5-6,8-11H,4,7,12-14H2,1H3,(H,22,24). The van der Waals surface area contributed by atoms with Gasteiger partial charge in [-0.3, -0.25) is 9.10 Å². The van der Waals surface area contributed by atoms with E-state index in [2.05, 4.69) is 5.32 Å². The first kappa shape index (κ1) is 21.2. The minimum atomic E-state index is -3.51. The van der Waals surface area contributed by atoms with Crippen molar-refractivity contribution in [2.24, 2.45) is 0 Å². The van der Waals surface area contributed by atoms with Crippen LogP contribution in [0.5, 0.6) is 0 Å². The van der Waals surface area contributed by atoms with Crippen molar-refractivity contribution in [1.29, 1.82) is 0 Å². The number of hydrogen-bond donors (Lipinski definition) is 1. The molecule has 1 N–H and O–H groups in total. The number of rotatable bonds is 9. The van der Waals surface area contributed by atoms with Gasteiger partial charge >= 0.3 is 0 Å². The minimum Gasteiger partial charge on any atom is -0.356 e. The van der Waals surface area contributed by atoms with Crippen LogP contribution in [0.25, 0.3) is 0 Å². The maximum absolute atomic E-state index is 12.8. The van der Waals surface area contributed by atoms with E-state index >= 15 is 0 Å². The highest BCUT2D eigenvalue weighted by Crippen LogP contribution is 2.27. The third-order valence-electron chi connectivity index (χ3n) is 3.94. The lowest BCUT2D eigenvalue weighted by Gasteiger charge is -2.23. The highest BCUT2D eigenvalue weighted by atomic mass is 35.5. The predicted molar refractivity (Wildman–Crippen MR) is 106 cm³/mol. The Balaban J connectivity index is 1.81. The van der Waals surface area contributed by atoms with Gasteiger partial charge < -0.3 is 5.32 Å². The van der Waals surface area contributed by atoms with E-state index in [9.17, 15) is 17.6 Å². The molecule has 0 heterocycles. The number of carbonyl (C=O) groups is 1. The first-order chi connectivity index (χ1) is 12.8. The zero-order valence-electron chi connectivity index (χ0n) is 15.0. The molecule has 0 fully saturated rings. The van der Waals surface area contributed by atoms with Crippen molar-refractivity contribution >= 4 is 33.2 Å². The average molecular weight is 413 g/mol. The zero-order chi connectivity index (χ0) is 19.9. The number of hydrogen-bond acceptors (Lipinski definition) is 3. The quantitative estimate of drug-likeness (QED) is 0.686. The molecule has 8 heteroatoms. The highest BCUT2D eigenvalue weighted by molar-refractivity contribution is 7.92. The molecule has 0 unspecified atom stereocenters. The Morgan fingerprint density at radius 2 is 1.81 bits per heavy atom.